The van der Waals surface area contributed by atoms with E-state index in [1.54, 1.807) is 5.06 Å². The van der Waals surface area contributed by atoms with E-state index in [0.29, 0.717) is 6.61 Å². The summed E-state index contributed by atoms with van der Waals surface area (Å²) in [6, 6.07) is 0. The third-order valence-electron chi connectivity index (χ3n) is 1.63. The second kappa shape index (κ2) is 12.2. The van der Waals surface area contributed by atoms with E-state index in [9.17, 15) is 4.57 Å². The first-order chi connectivity index (χ1) is 6.24. The quantitative estimate of drug-likeness (QED) is 0.277. The van der Waals surface area contributed by atoms with Crippen molar-refractivity contribution in [3.63, 3.8) is 0 Å². The number of hydrogen-bond acceptors (Lipinski definition) is 4. The van der Waals surface area contributed by atoms with Crippen LogP contribution in [0.15, 0.2) is 0 Å². The van der Waals surface area contributed by atoms with E-state index in [0.717, 1.165) is 25.9 Å². The second-order valence-electron chi connectivity index (χ2n) is 2.66. The van der Waals surface area contributed by atoms with Gasteiger partial charge in [0.25, 0.3) is 0 Å². The van der Waals surface area contributed by atoms with Crippen molar-refractivity contribution in [1.82, 2.24) is 5.06 Å². The van der Waals surface area contributed by atoms with Crippen molar-refractivity contribution < 1.29 is 13.7 Å². The summed E-state index contributed by atoms with van der Waals surface area (Å²) >= 11 is 0. The van der Waals surface area contributed by atoms with Gasteiger partial charge in [0.2, 0.25) is 0 Å². The van der Waals surface area contributed by atoms with E-state index in [2.05, 4.69) is 6.92 Å². The molecule has 0 aliphatic heterocycles. The van der Waals surface area contributed by atoms with Crippen LogP contribution in [0.1, 0.15) is 33.6 Å². The minimum absolute atomic E-state index is 0. The molecule has 0 heterocycles. The third kappa shape index (κ3) is 9.66. The molecular formula is C8H21NNaO3P. The molecule has 0 aliphatic rings. The van der Waals surface area contributed by atoms with Gasteiger partial charge >= 0.3 is 37.8 Å². The van der Waals surface area contributed by atoms with Crippen molar-refractivity contribution in [2.45, 2.75) is 33.6 Å². The molecule has 1 unspecified atom stereocenters. The normalized spacial score (nSPS) is 12.6. The van der Waals surface area contributed by atoms with Gasteiger partial charge in [-0.2, -0.15) is 5.06 Å². The van der Waals surface area contributed by atoms with Crippen LogP contribution in [0.4, 0.5) is 0 Å². The molecule has 1 atom stereocenters. The second-order valence-corrected chi connectivity index (χ2v) is 3.63. The fourth-order valence-corrected chi connectivity index (χ4v) is 1.62. The summed E-state index contributed by atoms with van der Waals surface area (Å²) < 4.78 is 21.2. The minimum atomic E-state index is -2.31. The van der Waals surface area contributed by atoms with Crippen molar-refractivity contribution >= 4 is 37.8 Å². The first kappa shape index (κ1) is 17.5. The molecule has 0 saturated carbocycles. The van der Waals surface area contributed by atoms with Crippen LogP contribution in [0.3, 0.4) is 0 Å². The number of rotatable bonds is 8. The molecule has 82 valence electrons. The molecule has 0 amide bonds. The fourth-order valence-electron chi connectivity index (χ4n) is 0.784. The summed E-state index contributed by atoms with van der Waals surface area (Å²) in [5.74, 6) is 0. The Balaban J connectivity index is 0. The molecule has 6 heteroatoms. The van der Waals surface area contributed by atoms with Gasteiger partial charge in [-0.1, -0.05) is 27.2 Å². The van der Waals surface area contributed by atoms with Crippen LogP contribution in [-0.4, -0.2) is 54.3 Å². The molecular weight excluding hydrogens is 212 g/mol. The summed E-state index contributed by atoms with van der Waals surface area (Å²) in [6.07, 6.45) is 1.97. The summed E-state index contributed by atoms with van der Waals surface area (Å²) in [5.41, 5.74) is 0. The molecule has 0 N–H and O–H groups in total. The van der Waals surface area contributed by atoms with Crippen LogP contribution >= 0.6 is 8.25 Å². The molecule has 0 aromatic carbocycles. The number of unbranched alkanes of at least 4 members (excludes halogenated alkanes) is 1. The van der Waals surface area contributed by atoms with Crippen molar-refractivity contribution in [2.24, 2.45) is 0 Å². The zero-order valence-corrected chi connectivity index (χ0v) is 9.71. The fraction of sp³-hybridized carbons (Fsp3) is 1.00. The predicted molar refractivity (Wildman–Crippen MR) is 61.0 cm³/mol. The van der Waals surface area contributed by atoms with Crippen LogP contribution < -0.4 is 0 Å². The molecule has 0 aromatic heterocycles. The summed E-state index contributed by atoms with van der Waals surface area (Å²) in [5, 5.41) is 1.63. The Morgan fingerprint density at radius 3 is 2.21 bits per heavy atom. The summed E-state index contributed by atoms with van der Waals surface area (Å²) in [7, 11) is -2.31. The van der Waals surface area contributed by atoms with Crippen LogP contribution in [0.5, 0.6) is 0 Å². The van der Waals surface area contributed by atoms with E-state index in [4.69, 9.17) is 9.15 Å². The van der Waals surface area contributed by atoms with E-state index in [1.807, 2.05) is 13.8 Å². The van der Waals surface area contributed by atoms with Gasteiger partial charge in [0.05, 0.1) is 6.61 Å². The van der Waals surface area contributed by atoms with Gasteiger partial charge < -0.3 is 4.52 Å². The maximum atomic E-state index is 11.1. The maximum absolute atomic E-state index is 11.1. The van der Waals surface area contributed by atoms with Gasteiger partial charge in [0.15, 0.2) is 0 Å². The molecule has 0 aliphatic carbocycles. The Morgan fingerprint density at radius 1 is 1.21 bits per heavy atom. The molecule has 0 fully saturated rings. The molecule has 0 aromatic rings. The van der Waals surface area contributed by atoms with Crippen molar-refractivity contribution in [3.05, 3.63) is 0 Å². The standard InChI is InChI=1S/C8H20NO3P.Na.H/c1-4-7-8-11-13(10)12-9(5-2)6-3;;/h13H,4-8H2,1-3H3;;. The van der Waals surface area contributed by atoms with E-state index >= 15 is 0 Å². The van der Waals surface area contributed by atoms with Crippen molar-refractivity contribution in [3.8, 4) is 0 Å². The van der Waals surface area contributed by atoms with E-state index in [1.165, 1.54) is 0 Å². The molecule has 14 heavy (non-hydrogen) atoms. The topological polar surface area (TPSA) is 38.8 Å². The molecule has 0 saturated heterocycles. The predicted octanol–water partition coefficient (Wildman–Crippen LogP) is 1.82. The van der Waals surface area contributed by atoms with Gasteiger partial charge in [0.1, 0.15) is 0 Å². The SMILES string of the molecule is CCCCO[PH](=O)ON(CC)CC.[NaH]. The van der Waals surface area contributed by atoms with Crippen LogP contribution in [0.25, 0.3) is 0 Å². The van der Waals surface area contributed by atoms with E-state index < -0.39 is 8.25 Å². The van der Waals surface area contributed by atoms with Crippen LogP contribution in [0, 0.1) is 0 Å². The Morgan fingerprint density at radius 2 is 1.79 bits per heavy atom. The number of hydroxylamine groups is 2. The average Bonchev–Trinajstić information content (AvgIpc) is 2.14. The Hall–Kier alpha value is 1.11. The van der Waals surface area contributed by atoms with E-state index in [-0.39, 0.29) is 29.6 Å². The first-order valence-corrected chi connectivity index (χ1v) is 6.06. The number of hydrogen-bond donors (Lipinski definition) is 0. The first-order valence-electron chi connectivity index (χ1n) is 4.84. The zero-order chi connectivity index (χ0) is 10.1. The van der Waals surface area contributed by atoms with Crippen molar-refractivity contribution in [1.29, 1.82) is 0 Å². The molecule has 0 rings (SSSR count). The molecule has 4 nitrogen and oxygen atoms in total. The van der Waals surface area contributed by atoms with Gasteiger partial charge in [-0.15, -0.1) is 0 Å². The number of nitrogens with zero attached hydrogens (tertiary/aromatic N) is 1. The van der Waals surface area contributed by atoms with Gasteiger partial charge in [-0.25, -0.2) is 4.62 Å². The third-order valence-corrected chi connectivity index (χ3v) is 2.47. The summed E-state index contributed by atoms with van der Waals surface area (Å²) in [6.45, 7) is 7.94. The molecule has 0 spiro atoms. The summed E-state index contributed by atoms with van der Waals surface area (Å²) in [4.78, 5) is 0. The van der Waals surface area contributed by atoms with Gasteiger partial charge in [-0.3, -0.25) is 4.57 Å². The van der Waals surface area contributed by atoms with Gasteiger partial charge in [0, 0.05) is 13.1 Å². The van der Waals surface area contributed by atoms with Crippen LogP contribution in [-0.2, 0) is 13.7 Å². The van der Waals surface area contributed by atoms with Crippen LogP contribution in [0.2, 0.25) is 0 Å². The molecule has 0 radical (unpaired) electrons. The monoisotopic (exact) mass is 233 g/mol. The molecule has 0 bridgehead atoms. The Kier molecular flexibility index (Phi) is 15.2. The average molecular weight is 233 g/mol. The Labute approximate surface area is 110 Å². The zero-order valence-electron chi connectivity index (χ0n) is 8.71. The van der Waals surface area contributed by atoms with Crippen molar-refractivity contribution in [2.75, 3.05) is 19.7 Å². The van der Waals surface area contributed by atoms with Gasteiger partial charge in [-0.05, 0) is 6.42 Å². The Bertz CT molecular complexity index is 145.